The van der Waals surface area contributed by atoms with Crippen LogP contribution < -0.4 is 0 Å². The zero-order valence-electron chi connectivity index (χ0n) is 11.6. The first kappa shape index (κ1) is 14.3. The second-order valence-electron chi connectivity index (χ2n) is 5.97. The molecule has 1 aliphatic rings. The lowest BCUT2D eigenvalue weighted by Crippen LogP contribution is -2.63. The standard InChI is InChI=1S/C15H18BrNO2/c1-9(18)12-13(10-6-5-7-11(16)8-10)17(14(12)19)15(2,3)4/h5-8,12-13H,1-4H3. The minimum Gasteiger partial charge on any atom is -0.329 e. The molecule has 2 unspecified atom stereocenters. The maximum atomic E-state index is 12.2. The number of carbonyl (C=O) groups is 2. The summed E-state index contributed by atoms with van der Waals surface area (Å²) in [5.41, 5.74) is 0.722. The van der Waals surface area contributed by atoms with E-state index in [-0.39, 0.29) is 23.3 Å². The van der Waals surface area contributed by atoms with Crippen LogP contribution in [-0.4, -0.2) is 22.1 Å². The van der Waals surface area contributed by atoms with Crippen LogP contribution in [0.25, 0.3) is 0 Å². The number of benzene rings is 1. The molecule has 0 bridgehead atoms. The van der Waals surface area contributed by atoms with Gasteiger partial charge in [-0.3, -0.25) is 9.59 Å². The number of Topliss-reactive ketones (excluding diaryl/α,β-unsaturated/α-hetero) is 1. The van der Waals surface area contributed by atoms with Crippen LogP contribution in [0.1, 0.15) is 39.3 Å². The van der Waals surface area contributed by atoms with Crippen molar-refractivity contribution in [2.75, 3.05) is 0 Å². The van der Waals surface area contributed by atoms with Crippen LogP contribution in [0, 0.1) is 5.92 Å². The second kappa shape index (κ2) is 4.75. The molecular formula is C15H18BrNO2. The van der Waals surface area contributed by atoms with Crippen molar-refractivity contribution in [3.8, 4) is 0 Å². The van der Waals surface area contributed by atoms with Gasteiger partial charge in [0.15, 0.2) is 0 Å². The van der Waals surface area contributed by atoms with Crippen LogP contribution in [0.5, 0.6) is 0 Å². The largest absolute Gasteiger partial charge is 0.329 e. The van der Waals surface area contributed by atoms with Gasteiger partial charge in [-0.15, -0.1) is 0 Å². The van der Waals surface area contributed by atoms with Gasteiger partial charge in [0, 0.05) is 10.0 Å². The second-order valence-corrected chi connectivity index (χ2v) is 6.88. The molecule has 1 aliphatic heterocycles. The fourth-order valence-corrected chi connectivity index (χ4v) is 3.08. The molecule has 1 aromatic carbocycles. The Bertz CT molecular complexity index is 533. The highest BCUT2D eigenvalue weighted by molar-refractivity contribution is 9.10. The Kier molecular flexibility index (Phi) is 3.56. The lowest BCUT2D eigenvalue weighted by Gasteiger charge is -2.53. The highest BCUT2D eigenvalue weighted by Crippen LogP contribution is 2.45. The lowest BCUT2D eigenvalue weighted by molar-refractivity contribution is -0.170. The molecular weight excluding hydrogens is 306 g/mol. The number of ketones is 1. The summed E-state index contributed by atoms with van der Waals surface area (Å²) >= 11 is 3.44. The zero-order chi connectivity index (χ0) is 14.4. The van der Waals surface area contributed by atoms with Crippen molar-refractivity contribution in [2.24, 2.45) is 5.92 Å². The number of carbonyl (C=O) groups excluding carboxylic acids is 2. The summed E-state index contributed by atoms with van der Waals surface area (Å²) in [6, 6.07) is 7.67. The molecule has 2 atom stereocenters. The highest BCUT2D eigenvalue weighted by Gasteiger charge is 2.54. The third-order valence-electron chi connectivity index (χ3n) is 3.45. The first-order valence-corrected chi connectivity index (χ1v) is 7.12. The Labute approximate surface area is 122 Å². The molecule has 1 aromatic rings. The first-order chi connectivity index (χ1) is 8.73. The molecule has 0 aromatic heterocycles. The SMILES string of the molecule is CC(=O)C1C(=O)N(C(C)(C)C)C1c1cccc(Br)c1. The first-order valence-electron chi connectivity index (χ1n) is 6.32. The van der Waals surface area contributed by atoms with Crippen molar-refractivity contribution in [2.45, 2.75) is 39.3 Å². The van der Waals surface area contributed by atoms with Crippen molar-refractivity contribution in [3.05, 3.63) is 34.3 Å². The van der Waals surface area contributed by atoms with Gasteiger partial charge in [0.1, 0.15) is 11.7 Å². The Morgan fingerprint density at radius 1 is 1.32 bits per heavy atom. The van der Waals surface area contributed by atoms with Gasteiger partial charge in [0.25, 0.3) is 0 Å². The molecule has 0 spiro atoms. The minimum atomic E-state index is -0.534. The van der Waals surface area contributed by atoms with Gasteiger partial charge in [0.2, 0.25) is 5.91 Å². The monoisotopic (exact) mass is 323 g/mol. The summed E-state index contributed by atoms with van der Waals surface area (Å²) in [5, 5.41) is 0. The molecule has 4 heteroatoms. The summed E-state index contributed by atoms with van der Waals surface area (Å²) in [7, 11) is 0. The van der Waals surface area contributed by atoms with Crippen molar-refractivity contribution in [1.82, 2.24) is 4.90 Å². The van der Waals surface area contributed by atoms with Gasteiger partial charge in [0.05, 0.1) is 6.04 Å². The smallest absolute Gasteiger partial charge is 0.236 e. The molecule has 0 radical (unpaired) electrons. The number of hydrogen-bond donors (Lipinski definition) is 0. The summed E-state index contributed by atoms with van der Waals surface area (Å²) in [6.07, 6.45) is 0. The maximum Gasteiger partial charge on any atom is 0.236 e. The summed E-state index contributed by atoms with van der Waals surface area (Å²) in [4.78, 5) is 25.7. The average molecular weight is 324 g/mol. The van der Waals surface area contributed by atoms with E-state index in [1.807, 2.05) is 45.0 Å². The van der Waals surface area contributed by atoms with Crippen LogP contribution in [0.4, 0.5) is 0 Å². The van der Waals surface area contributed by atoms with E-state index >= 15 is 0 Å². The fourth-order valence-electron chi connectivity index (χ4n) is 2.67. The Morgan fingerprint density at radius 3 is 2.42 bits per heavy atom. The van der Waals surface area contributed by atoms with Crippen molar-refractivity contribution in [3.63, 3.8) is 0 Å². The number of likely N-dealkylation sites (tertiary alicyclic amines) is 1. The normalized spacial score (nSPS) is 23.2. The maximum absolute atomic E-state index is 12.2. The van der Waals surface area contributed by atoms with E-state index in [2.05, 4.69) is 15.9 Å². The molecule has 0 aliphatic carbocycles. The number of β-lactam (4-membered cyclic amide) rings is 1. The third-order valence-corrected chi connectivity index (χ3v) is 3.94. The topological polar surface area (TPSA) is 37.4 Å². The molecule has 2 rings (SSSR count). The number of amides is 1. The zero-order valence-corrected chi connectivity index (χ0v) is 13.2. The molecule has 1 fully saturated rings. The molecule has 19 heavy (non-hydrogen) atoms. The van der Waals surface area contributed by atoms with E-state index in [0.717, 1.165) is 10.0 Å². The van der Waals surface area contributed by atoms with E-state index in [4.69, 9.17) is 0 Å². The molecule has 1 heterocycles. The Balaban J connectivity index is 2.43. The quantitative estimate of drug-likeness (QED) is 0.618. The van der Waals surface area contributed by atoms with Gasteiger partial charge in [-0.1, -0.05) is 28.1 Å². The number of rotatable bonds is 2. The van der Waals surface area contributed by atoms with E-state index in [0.29, 0.717) is 0 Å². The van der Waals surface area contributed by atoms with Crippen LogP contribution in [0.3, 0.4) is 0 Å². The molecule has 3 nitrogen and oxygen atoms in total. The molecule has 0 N–H and O–H groups in total. The molecule has 1 saturated heterocycles. The van der Waals surface area contributed by atoms with E-state index in [9.17, 15) is 9.59 Å². The van der Waals surface area contributed by atoms with E-state index in [1.165, 1.54) is 6.92 Å². The number of halogens is 1. The van der Waals surface area contributed by atoms with Gasteiger partial charge in [-0.05, 0) is 45.4 Å². The number of nitrogens with zero attached hydrogens (tertiary/aromatic N) is 1. The summed E-state index contributed by atoms with van der Waals surface area (Å²) in [6.45, 7) is 7.47. The van der Waals surface area contributed by atoms with Crippen LogP contribution in [-0.2, 0) is 9.59 Å². The van der Waals surface area contributed by atoms with E-state index in [1.54, 1.807) is 4.90 Å². The summed E-state index contributed by atoms with van der Waals surface area (Å²) < 4.78 is 0.959. The van der Waals surface area contributed by atoms with Crippen LogP contribution in [0.15, 0.2) is 28.7 Å². The van der Waals surface area contributed by atoms with Crippen molar-refractivity contribution < 1.29 is 9.59 Å². The minimum absolute atomic E-state index is 0.0597. The fraction of sp³-hybridized carbons (Fsp3) is 0.467. The molecule has 102 valence electrons. The van der Waals surface area contributed by atoms with Gasteiger partial charge in [-0.25, -0.2) is 0 Å². The average Bonchev–Trinajstić information content (AvgIpc) is 2.22. The third kappa shape index (κ3) is 2.46. The predicted octanol–water partition coefficient (Wildman–Crippen LogP) is 3.34. The van der Waals surface area contributed by atoms with Gasteiger partial charge < -0.3 is 4.90 Å². The molecule has 0 saturated carbocycles. The summed E-state index contributed by atoms with van der Waals surface area (Å²) in [5.74, 6) is -0.658. The van der Waals surface area contributed by atoms with Crippen LogP contribution >= 0.6 is 15.9 Å². The van der Waals surface area contributed by atoms with Crippen LogP contribution in [0.2, 0.25) is 0 Å². The Hall–Kier alpha value is -1.16. The predicted molar refractivity (Wildman–Crippen MR) is 77.7 cm³/mol. The van der Waals surface area contributed by atoms with Crippen molar-refractivity contribution >= 4 is 27.6 Å². The highest BCUT2D eigenvalue weighted by atomic mass is 79.9. The Morgan fingerprint density at radius 2 is 1.95 bits per heavy atom. The van der Waals surface area contributed by atoms with Gasteiger partial charge >= 0.3 is 0 Å². The van der Waals surface area contributed by atoms with Gasteiger partial charge in [-0.2, -0.15) is 0 Å². The lowest BCUT2D eigenvalue weighted by atomic mass is 9.76. The molecule has 1 amide bonds. The van der Waals surface area contributed by atoms with E-state index < -0.39 is 5.92 Å². The van der Waals surface area contributed by atoms with Crippen molar-refractivity contribution in [1.29, 1.82) is 0 Å². The number of hydrogen-bond acceptors (Lipinski definition) is 2.